The van der Waals surface area contributed by atoms with Crippen molar-refractivity contribution in [2.75, 3.05) is 5.32 Å². The lowest BCUT2D eigenvalue weighted by molar-refractivity contribution is 0.223. The van der Waals surface area contributed by atoms with Gasteiger partial charge in [-0.05, 0) is 31.3 Å². The van der Waals surface area contributed by atoms with E-state index in [4.69, 9.17) is 17.0 Å². The van der Waals surface area contributed by atoms with Gasteiger partial charge in [0, 0.05) is 11.3 Å². The van der Waals surface area contributed by atoms with Crippen molar-refractivity contribution in [2.24, 2.45) is 0 Å². The minimum atomic E-state index is -0.201. The van der Waals surface area contributed by atoms with Crippen LogP contribution in [-0.4, -0.2) is 5.05 Å². The van der Waals surface area contributed by atoms with E-state index in [0.29, 0.717) is 5.05 Å². The molecule has 2 nitrogen and oxygen atoms in total. The standard InChI is InChI=1S/C15H13NOS/c1-10-6-8-11(9-7-10)14-16-13-5-3-2-4-12(13)15(18)17-14/h2-9,14,16H,1H3. The Labute approximate surface area is 112 Å². The van der Waals surface area contributed by atoms with E-state index in [1.165, 1.54) is 5.56 Å². The molecule has 0 saturated heterocycles. The number of thiocarbonyl (C=S) groups is 1. The molecule has 0 bridgehead atoms. The third-order valence-corrected chi connectivity index (χ3v) is 3.35. The van der Waals surface area contributed by atoms with Crippen molar-refractivity contribution >= 4 is 23.0 Å². The van der Waals surface area contributed by atoms with E-state index in [0.717, 1.165) is 16.8 Å². The Bertz CT molecular complexity index is 592. The molecule has 0 fully saturated rings. The van der Waals surface area contributed by atoms with Gasteiger partial charge in [-0.15, -0.1) is 0 Å². The van der Waals surface area contributed by atoms with Gasteiger partial charge < -0.3 is 10.1 Å². The SMILES string of the molecule is Cc1ccc(C2Nc3ccccc3C(=S)O2)cc1. The Morgan fingerprint density at radius 2 is 1.78 bits per heavy atom. The highest BCUT2D eigenvalue weighted by molar-refractivity contribution is 7.80. The summed E-state index contributed by atoms with van der Waals surface area (Å²) in [4.78, 5) is 0. The Morgan fingerprint density at radius 3 is 2.56 bits per heavy atom. The van der Waals surface area contributed by atoms with Crippen LogP contribution in [-0.2, 0) is 4.74 Å². The van der Waals surface area contributed by atoms with E-state index in [2.05, 4.69) is 36.5 Å². The van der Waals surface area contributed by atoms with E-state index in [1.807, 2.05) is 24.3 Å². The summed E-state index contributed by atoms with van der Waals surface area (Å²) in [6.07, 6.45) is -0.201. The highest BCUT2D eigenvalue weighted by Crippen LogP contribution is 2.30. The summed E-state index contributed by atoms with van der Waals surface area (Å²) >= 11 is 5.30. The van der Waals surface area contributed by atoms with E-state index in [9.17, 15) is 0 Å². The predicted molar refractivity (Wildman–Crippen MR) is 76.8 cm³/mol. The van der Waals surface area contributed by atoms with Gasteiger partial charge in [-0.3, -0.25) is 0 Å². The normalized spacial score (nSPS) is 17.6. The van der Waals surface area contributed by atoms with Crippen LogP contribution >= 0.6 is 12.2 Å². The first-order chi connectivity index (χ1) is 8.74. The van der Waals surface area contributed by atoms with Crippen LogP contribution in [0.2, 0.25) is 0 Å². The van der Waals surface area contributed by atoms with Crippen LogP contribution < -0.4 is 5.32 Å². The smallest absolute Gasteiger partial charge is 0.197 e. The Kier molecular flexibility index (Phi) is 2.76. The number of aryl methyl sites for hydroxylation is 1. The number of benzene rings is 2. The molecule has 18 heavy (non-hydrogen) atoms. The van der Waals surface area contributed by atoms with Crippen molar-refractivity contribution < 1.29 is 4.74 Å². The monoisotopic (exact) mass is 255 g/mol. The number of hydrogen-bond acceptors (Lipinski definition) is 3. The largest absolute Gasteiger partial charge is 0.455 e. The first kappa shape index (κ1) is 11.2. The minimum absolute atomic E-state index is 0.201. The van der Waals surface area contributed by atoms with Crippen molar-refractivity contribution in [1.29, 1.82) is 0 Å². The number of nitrogens with one attached hydrogen (secondary N) is 1. The Morgan fingerprint density at radius 1 is 1.06 bits per heavy atom. The molecular formula is C15H13NOS. The summed E-state index contributed by atoms with van der Waals surface area (Å²) in [5.74, 6) is 0. The fraction of sp³-hybridized carbons (Fsp3) is 0.133. The first-order valence-corrected chi connectivity index (χ1v) is 6.28. The average Bonchev–Trinajstić information content (AvgIpc) is 2.39. The zero-order valence-corrected chi connectivity index (χ0v) is 10.8. The van der Waals surface area contributed by atoms with Crippen molar-refractivity contribution in [3.05, 3.63) is 65.2 Å². The molecule has 3 rings (SSSR count). The topological polar surface area (TPSA) is 21.3 Å². The highest BCUT2D eigenvalue weighted by atomic mass is 32.1. The molecule has 0 amide bonds. The quantitative estimate of drug-likeness (QED) is 0.783. The summed E-state index contributed by atoms with van der Waals surface area (Å²) in [6, 6.07) is 16.2. The van der Waals surface area contributed by atoms with Crippen molar-refractivity contribution in [2.45, 2.75) is 13.2 Å². The number of ether oxygens (including phenoxy) is 1. The molecule has 3 heteroatoms. The molecule has 0 aromatic heterocycles. The summed E-state index contributed by atoms with van der Waals surface area (Å²) in [5, 5.41) is 3.90. The lowest BCUT2D eigenvalue weighted by Gasteiger charge is -2.28. The molecule has 1 atom stereocenters. The molecule has 1 heterocycles. The van der Waals surface area contributed by atoms with Gasteiger partial charge in [-0.25, -0.2) is 0 Å². The van der Waals surface area contributed by atoms with Crippen molar-refractivity contribution in [1.82, 2.24) is 0 Å². The van der Waals surface area contributed by atoms with E-state index in [-0.39, 0.29) is 6.23 Å². The molecule has 0 spiro atoms. The van der Waals surface area contributed by atoms with Gasteiger partial charge in [0.15, 0.2) is 11.3 Å². The molecule has 0 saturated carbocycles. The van der Waals surface area contributed by atoms with E-state index in [1.54, 1.807) is 0 Å². The number of hydrogen-bond donors (Lipinski definition) is 1. The molecule has 0 radical (unpaired) electrons. The summed E-state index contributed by atoms with van der Waals surface area (Å²) in [5.41, 5.74) is 4.30. The number of fused-ring (bicyclic) bond motifs is 1. The van der Waals surface area contributed by atoms with Gasteiger partial charge in [0.05, 0.1) is 5.56 Å². The van der Waals surface area contributed by atoms with Crippen LogP contribution in [0.5, 0.6) is 0 Å². The molecule has 1 unspecified atom stereocenters. The number of rotatable bonds is 1. The van der Waals surface area contributed by atoms with Crippen LogP contribution in [0.3, 0.4) is 0 Å². The van der Waals surface area contributed by atoms with E-state index >= 15 is 0 Å². The molecule has 1 aliphatic rings. The second-order valence-corrected chi connectivity index (χ2v) is 4.76. The van der Waals surface area contributed by atoms with Crippen LogP contribution in [0.15, 0.2) is 48.5 Å². The van der Waals surface area contributed by atoms with Crippen LogP contribution in [0.4, 0.5) is 5.69 Å². The molecule has 0 aliphatic carbocycles. The molecular weight excluding hydrogens is 242 g/mol. The lowest BCUT2D eigenvalue weighted by Crippen LogP contribution is -2.24. The maximum atomic E-state index is 5.76. The summed E-state index contributed by atoms with van der Waals surface area (Å²) < 4.78 is 5.76. The predicted octanol–water partition coefficient (Wildman–Crippen LogP) is 3.81. The third-order valence-electron chi connectivity index (χ3n) is 3.04. The van der Waals surface area contributed by atoms with Gasteiger partial charge in [0.1, 0.15) is 0 Å². The Balaban J connectivity index is 1.94. The zero-order valence-electron chi connectivity index (χ0n) is 10.0. The van der Waals surface area contributed by atoms with Gasteiger partial charge in [0.2, 0.25) is 0 Å². The van der Waals surface area contributed by atoms with Crippen LogP contribution in [0, 0.1) is 6.92 Å². The van der Waals surface area contributed by atoms with Crippen molar-refractivity contribution in [3.63, 3.8) is 0 Å². The van der Waals surface area contributed by atoms with Gasteiger partial charge in [-0.2, -0.15) is 0 Å². The van der Waals surface area contributed by atoms with Gasteiger partial charge in [0.25, 0.3) is 0 Å². The van der Waals surface area contributed by atoms with E-state index < -0.39 is 0 Å². The molecule has 90 valence electrons. The average molecular weight is 255 g/mol. The highest BCUT2D eigenvalue weighted by Gasteiger charge is 2.23. The lowest BCUT2D eigenvalue weighted by atomic mass is 10.1. The molecule has 1 N–H and O–H groups in total. The molecule has 2 aromatic carbocycles. The minimum Gasteiger partial charge on any atom is -0.455 e. The fourth-order valence-electron chi connectivity index (χ4n) is 2.02. The summed E-state index contributed by atoms with van der Waals surface area (Å²) in [7, 11) is 0. The second-order valence-electron chi connectivity index (χ2n) is 4.39. The molecule has 2 aromatic rings. The number of para-hydroxylation sites is 1. The maximum Gasteiger partial charge on any atom is 0.197 e. The molecule has 1 aliphatic heterocycles. The second kappa shape index (κ2) is 4.42. The van der Waals surface area contributed by atoms with Crippen LogP contribution in [0.25, 0.3) is 0 Å². The van der Waals surface area contributed by atoms with Crippen molar-refractivity contribution in [3.8, 4) is 0 Å². The fourth-order valence-corrected chi connectivity index (χ4v) is 2.30. The van der Waals surface area contributed by atoms with Gasteiger partial charge in [-0.1, -0.05) is 42.0 Å². The van der Waals surface area contributed by atoms with Gasteiger partial charge >= 0.3 is 0 Å². The first-order valence-electron chi connectivity index (χ1n) is 5.87. The maximum absolute atomic E-state index is 5.76. The third kappa shape index (κ3) is 1.97. The zero-order chi connectivity index (χ0) is 12.5. The Hall–Kier alpha value is -1.87. The number of anilines is 1. The summed E-state index contributed by atoms with van der Waals surface area (Å²) in [6.45, 7) is 2.07. The van der Waals surface area contributed by atoms with Crippen LogP contribution in [0.1, 0.15) is 22.9 Å².